The molecule has 1 amide bonds. The number of rotatable bonds is 10. The Morgan fingerprint density at radius 1 is 1.05 bits per heavy atom. The number of morpholine rings is 1. The Bertz CT molecular complexity index is 1310. The summed E-state index contributed by atoms with van der Waals surface area (Å²) >= 11 is 13.2. The van der Waals surface area contributed by atoms with Crippen LogP contribution in [-0.4, -0.2) is 53.1 Å². The van der Waals surface area contributed by atoms with Crippen molar-refractivity contribution in [2.45, 2.75) is 50.1 Å². The lowest BCUT2D eigenvalue weighted by Crippen LogP contribution is -2.58. The molecule has 1 N–H and O–H groups in total. The number of amides is 1. The second-order valence-corrected chi connectivity index (χ2v) is 12.6. The van der Waals surface area contributed by atoms with Gasteiger partial charge in [0.05, 0.1) is 37.5 Å². The smallest absolute Gasteiger partial charge is 0.253 e. The average Bonchev–Trinajstić information content (AvgIpc) is 3.81. The van der Waals surface area contributed by atoms with E-state index >= 15 is 0 Å². The summed E-state index contributed by atoms with van der Waals surface area (Å²) in [6, 6.07) is 22.5. The van der Waals surface area contributed by atoms with Crippen molar-refractivity contribution in [1.29, 1.82) is 0 Å². The molecular formula is C33H37Cl2FN2O3S. The van der Waals surface area contributed by atoms with Gasteiger partial charge in [-0.15, -0.1) is 0 Å². The number of halogens is 3. The first-order valence-corrected chi connectivity index (χ1v) is 15.7. The molecule has 5 nitrogen and oxygen atoms in total. The predicted octanol–water partition coefficient (Wildman–Crippen LogP) is 7.98. The molecule has 42 heavy (non-hydrogen) atoms. The number of allylic oxidation sites excluding steroid dienone is 1. The number of nitrogens with zero attached hydrogens (tertiary/aromatic N) is 2. The molecule has 224 valence electrons. The number of anilines is 1. The van der Waals surface area contributed by atoms with Crippen molar-refractivity contribution in [2.75, 3.05) is 24.1 Å². The minimum Gasteiger partial charge on any atom is -0.394 e. The average molecular weight is 632 g/mol. The third-order valence-electron chi connectivity index (χ3n) is 7.13. The number of carbonyl (C=O) groups excluding carboxylic acids is 1. The number of aliphatic hydroxyl groups excluding tert-OH is 1. The second kappa shape index (κ2) is 15.8. The molecule has 4 unspecified atom stereocenters. The van der Waals surface area contributed by atoms with E-state index in [0.29, 0.717) is 29.1 Å². The largest absolute Gasteiger partial charge is 0.394 e. The van der Waals surface area contributed by atoms with E-state index in [1.807, 2.05) is 72.8 Å². The van der Waals surface area contributed by atoms with Crippen molar-refractivity contribution in [3.8, 4) is 0 Å². The van der Waals surface area contributed by atoms with Crippen molar-refractivity contribution in [1.82, 2.24) is 4.90 Å². The molecule has 1 saturated heterocycles. The van der Waals surface area contributed by atoms with Gasteiger partial charge in [-0.05, 0) is 73.7 Å². The molecule has 2 aliphatic rings. The fourth-order valence-corrected chi connectivity index (χ4v) is 6.35. The van der Waals surface area contributed by atoms with Gasteiger partial charge in [-0.1, -0.05) is 84.7 Å². The summed E-state index contributed by atoms with van der Waals surface area (Å²) < 4.78 is 22.8. The third kappa shape index (κ3) is 8.74. The van der Waals surface area contributed by atoms with Crippen molar-refractivity contribution in [3.05, 3.63) is 112 Å². The number of hydrogen-bond donors (Lipinski definition) is 1. The van der Waals surface area contributed by atoms with Crippen molar-refractivity contribution in [2.24, 2.45) is 5.92 Å². The molecule has 0 radical (unpaired) electrons. The number of para-hydroxylation sites is 1. The van der Waals surface area contributed by atoms with Crippen LogP contribution in [0.15, 0.2) is 91.0 Å². The highest BCUT2D eigenvalue weighted by Gasteiger charge is 2.43. The summed E-state index contributed by atoms with van der Waals surface area (Å²) in [6.07, 6.45) is 5.36. The minimum atomic E-state index is -0.651. The second-order valence-electron chi connectivity index (χ2n) is 10.4. The Kier molecular flexibility index (Phi) is 12.2. The van der Waals surface area contributed by atoms with Crippen molar-refractivity contribution in [3.63, 3.8) is 0 Å². The summed E-state index contributed by atoms with van der Waals surface area (Å²) in [6.45, 7) is 4.20. The first-order chi connectivity index (χ1) is 20.3. The van der Waals surface area contributed by atoms with Crippen LogP contribution in [0.25, 0.3) is 0 Å². The van der Waals surface area contributed by atoms with E-state index in [2.05, 4.69) is 0 Å². The molecule has 3 aromatic carbocycles. The maximum Gasteiger partial charge on any atom is 0.253 e. The zero-order valence-electron chi connectivity index (χ0n) is 23.8. The monoisotopic (exact) mass is 630 g/mol. The molecule has 2 fully saturated rings. The molecule has 0 bridgehead atoms. The Balaban J connectivity index is 0.000000507. The van der Waals surface area contributed by atoms with Gasteiger partial charge in [0, 0.05) is 21.2 Å². The molecule has 3 aromatic rings. The molecule has 0 aromatic heterocycles. The number of benzene rings is 3. The first-order valence-electron chi connectivity index (χ1n) is 14.1. The van der Waals surface area contributed by atoms with Gasteiger partial charge in [-0.2, -0.15) is 0 Å². The van der Waals surface area contributed by atoms with E-state index in [-0.39, 0.29) is 30.3 Å². The third-order valence-corrected chi connectivity index (χ3v) is 9.01. The van der Waals surface area contributed by atoms with E-state index in [0.717, 1.165) is 23.4 Å². The molecule has 5 rings (SSSR count). The van der Waals surface area contributed by atoms with E-state index in [4.69, 9.17) is 27.9 Å². The van der Waals surface area contributed by atoms with Gasteiger partial charge in [0.15, 0.2) is 0 Å². The van der Waals surface area contributed by atoms with Crippen LogP contribution in [0.1, 0.15) is 38.3 Å². The number of hydrogen-bond acceptors (Lipinski definition) is 5. The number of ether oxygens (including phenoxy) is 1. The van der Waals surface area contributed by atoms with E-state index in [9.17, 15) is 14.3 Å². The van der Waals surface area contributed by atoms with Crippen LogP contribution < -0.4 is 4.31 Å². The molecular weight excluding hydrogens is 594 g/mol. The molecule has 1 heterocycles. The Hall–Kier alpha value is -2.55. The molecule has 1 aliphatic carbocycles. The van der Waals surface area contributed by atoms with Gasteiger partial charge in [0.2, 0.25) is 0 Å². The summed E-state index contributed by atoms with van der Waals surface area (Å²) in [5.41, 5.74) is 1.34. The zero-order valence-corrected chi connectivity index (χ0v) is 26.1. The normalized spacial score (nSPS) is 20.1. The van der Waals surface area contributed by atoms with Crippen LogP contribution in [-0.2, 0) is 9.53 Å². The quantitative estimate of drug-likeness (QED) is 0.182. The fraction of sp³-hybridized carbons (Fsp3) is 0.364. The van der Waals surface area contributed by atoms with Gasteiger partial charge < -0.3 is 19.0 Å². The molecule has 1 saturated carbocycles. The molecule has 4 atom stereocenters. The van der Waals surface area contributed by atoms with E-state index in [1.54, 1.807) is 47.2 Å². The van der Waals surface area contributed by atoms with E-state index < -0.39 is 12.1 Å². The maximum absolute atomic E-state index is 14.8. The maximum atomic E-state index is 14.8. The first kappa shape index (κ1) is 32.4. The van der Waals surface area contributed by atoms with Gasteiger partial charge in [-0.3, -0.25) is 4.79 Å². The summed E-state index contributed by atoms with van der Waals surface area (Å²) in [4.78, 5) is 15.6. The predicted molar refractivity (Wildman–Crippen MR) is 171 cm³/mol. The van der Waals surface area contributed by atoms with Crippen LogP contribution in [0.5, 0.6) is 0 Å². The Morgan fingerprint density at radius 2 is 1.69 bits per heavy atom. The van der Waals surface area contributed by atoms with Gasteiger partial charge in [-0.25, -0.2) is 4.39 Å². The SMILES string of the molecule is C/C=C/C(C)C1OCC(c2ccc(Cl)cc2)N(C(CO)CN(SC2CC2)c2ccccc2F)C1=O.Clc1ccccc1. The molecule has 0 spiro atoms. The van der Waals surface area contributed by atoms with E-state index in [1.165, 1.54) is 6.07 Å². The minimum absolute atomic E-state index is 0.121. The fourth-order valence-electron chi connectivity index (χ4n) is 4.85. The van der Waals surface area contributed by atoms with Gasteiger partial charge in [0.25, 0.3) is 5.91 Å². The van der Waals surface area contributed by atoms with Gasteiger partial charge in [0.1, 0.15) is 11.9 Å². The lowest BCUT2D eigenvalue weighted by atomic mass is 9.95. The standard InChI is InChI=1S/C27H32ClFN2O3S.C6H5Cl/c1-3-6-18(2)26-27(33)31(25(17-34-26)19-9-11-20(28)12-10-19)21(16-32)15-30(35-22-13-14-22)24-8-5-4-7-23(24)29;7-6-4-2-1-3-5-6/h3-12,18,21-22,25-26,32H,13-17H2,1-2H3;1-5H/b6-3+;. The number of aliphatic hydroxyl groups is 1. The summed E-state index contributed by atoms with van der Waals surface area (Å²) in [7, 11) is 0. The summed E-state index contributed by atoms with van der Waals surface area (Å²) in [5, 5.41) is 12.4. The molecule has 1 aliphatic heterocycles. The lowest BCUT2D eigenvalue weighted by molar-refractivity contribution is -0.168. The van der Waals surface area contributed by atoms with Crippen LogP contribution in [0.2, 0.25) is 10.0 Å². The van der Waals surface area contributed by atoms with Crippen LogP contribution >= 0.6 is 35.1 Å². The lowest BCUT2D eigenvalue weighted by Gasteiger charge is -2.45. The highest BCUT2D eigenvalue weighted by molar-refractivity contribution is 8.01. The number of carbonyl (C=O) groups is 1. The van der Waals surface area contributed by atoms with Crippen molar-refractivity contribution < 1.29 is 19.0 Å². The highest BCUT2D eigenvalue weighted by atomic mass is 35.5. The highest BCUT2D eigenvalue weighted by Crippen LogP contribution is 2.40. The topological polar surface area (TPSA) is 53.0 Å². The van der Waals surface area contributed by atoms with Crippen molar-refractivity contribution >= 4 is 46.7 Å². The van der Waals surface area contributed by atoms with Crippen LogP contribution in [0.4, 0.5) is 10.1 Å². The Morgan fingerprint density at radius 3 is 2.26 bits per heavy atom. The summed E-state index contributed by atoms with van der Waals surface area (Å²) in [5.74, 6) is -0.616. The van der Waals surface area contributed by atoms with Crippen LogP contribution in [0, 0.1) is 11.7 Å². The van der Waals surface area contributed by atoms with Crippen LogP contribution in [0.3, 0.4) is 0 Å². The zero-order chi connectivity index (χ0) is 30.1. The molecule has 9 heteroatoms. The van der Waals surface area contributed by atoms with Gasteiger partial charge >= 0.3 is 0 Å². The Labute approximate surface area is 262 Å².